The summed E-state index contributed by atoms with van der Waals surface area (Å²) in [6.07, 6.45) is 0. The third kappa shape index (κ3) is 6.60. The lowest BCUT2D eigenvalue weighted by molar-refractivity contribution is 0.660. The fourth-order valence-corrected chi connectivity index (χ4v) is 13.2. The van der Waals surface area contributed by atoms with Gasteiger partial charge in [-0.1, -0.05) is 220 Å². The van der Waals surface area contributed by atoms with E-state index >= 15 is 0 Å². The third-order valence-electron chi connectivity index (χ3n) is 16.8. The predicted molar refractivity (Wildman–Crippen MR) is 317 cm³/mol. The van der Waals surface area contributed by atoms with Crippen LogP contribution in [0.3, 0.4) is 0 Å². The van der Waals surface area contributed by atoms with E-state index in [1.807, 2.05) is 6.07 Å². The molecule has 0 unspecified atom stereocenters. The Morgan fingerprint density at radius 1 is 0.289 bits per heavy atom. The molecule has 0 amide bonds. The monoisotopic (exact) mass is 969 g/mol. The fraction of sp³-hybridized carbons (Fsp3) is 0.0541. The van der Waals surface area contributed by atoms with Gasteiger partial charge in [0.2, 0.25) is 0 Å². The topological polar surface area (TPSA) is 16.4 Å². The summed E-state index contributed by atoms with van der Waals surface area (Å²) in [7, 11) is 0. The van der Waals surface area contributed by atoms with Crippen molar-refractivity contribution in [3.05, 3.63) is 306 Å². The molecule has 0 saturated heterocycles. The summed E-state index contributed by atoms with van der Waals surface area (Å²) in [6.45, 7) is 4.72. The molecular weight excluding hydrogens is 919 g/mol. The number of hydrogen-bond acceptors (Lipinski definition) is 2. The first-order valence-electron chi connectivity index (χ1n) is 26.5. The van der Waals surface area contributed by atoms with Gasteiger partial charge in [0.25, 0.3) is 0 Å². The zero-order chi connectivity index (χ0) is 50.5. The molecule has 12 aromatic carbocycles. The fourth-order valence-electron chi connectivity index (χ4n) is 13.2. The number of fused-ring (bicyclic) bond motifs is 11. The van der Waals surface area contributed by atoms with E-state index in [4.69, 9.17) is 4.42 Å². The van der Waals surface area contributed by atoms with E-state index in [1.54, 1.807) is 0 Å². The number of benzene rings is 12. The standard InChI is InChI=1S/C74H51NO/c1-73(2)66-28-16-14-25-59(66)60-42-40-57(46-67(60)73)75(55-36-30-49(31-37-55)48-18-6-3-7-19-48)56-38-32-50(33-39-56)51-34-41-63-68(45-51)74(53-20-8-4-9-21-53,54-22-10-5-11-23-54)69-47-64(58-24-12-13-27-62(58)72(63)69)52-35-43-71-65(44-52)61-26-15-17-29-70(61)76-71/h3-47H,1-2H3. The molecule has 0 atom stereocenters. The molecule has 0 fully saturated rings. The van der Waals surface area contributed by atoms with Crippen molar-refractivity contribution in [3.63, 3.8) is 0 Å². The van der Waals surface area contributed by atoms with Crippen molar-refractivity contribution in [1.82, 2.24) is 0 Å². The van der Waals surface area contributed by atoms with Gasteiger partial charge in [0.05, 0.1) is 5.41 Å². The minimum atomic E-state index is -0.627. The molecule has 0 saturated carbocycles. The molecule has 15 rings (SSSR count). The predicted octanol–water partition coefficient (Wildman–Crippen LogP) is 19.9. The Labute approximate surface area is 443 Å². The molecule has 1 aromatic heterocycles. The maximum atomic E-state index is 6.35. The summed E-state index contributed by atoms with van der Waals surface area (Å²) in [5, 5.41) is 4.73. The molecule has 1 heterocycles. The number of nitrogens with zero attached hydrogens (tertiary/aromatic N) is 1. The van der Waals surface area contributed by atoms with Crippen molar-refractivity contribution in [2.45, 2.75) is 24.7 Å². The molecule has 0 N–H and O–H groups in total. The summed E-state index contributed by atoms with van der Waals surface area (Å²) >= 11 is 0. The van der Waals surface area contributed by atoms with Gasteiger partial charge in [-0.15, -0.1) is 0 Å². The Morgan fingerprint density at radius 2 is 0.803 bits per heavy atom. The number of anilines is 3. The second kappa shape index (κ2) is 17.0. The smallest absolute Gasteiger partial charge is 0.135 e. The van der Waals surface area contributed by atoms with Crippen molar-refractivity contribution in [2.24, 2.45) is 0 Å². The van der Waals surface area contributed by atoms with E-state index in [0.29, 0.717) is 0 Å². The van der Waals surface area contributed by atoms with E-state index < -0.39 is 5.41 Å². The van der Waals surface area contributed by atoms with Crippen LogP contribution in [0.25, 0.3) is 88.3 Å². The van der Waals surface area contributed by atoms with Crippen molar-refractivity contribution in [2.75, 3.05) is 4.90 Å². The van der Waals surface area contributed by atoms with Crippen molar-refractivity contribution in [3.8, 4) is 55.6 Å². The third-order valence-corrected chi connectivity index (χ3v) is 16.8. The molecule has 2 nitrogen and oxygen atoms in total. The van der Waals surface area contributed by atoms with Gasteiger partial charge in [0.1, 0.15) is 11.2 Å². The Balaban J connectivity index is 0.896. The summed E-state index contributed by atoms with van der Waals surface area (Å²) in [5.74, 6) is 0. The molecular formula is C74H51NO. The lowest BCUT2D eigenvalue weighted by Gasteiger charge is -2.34. The van der Waals surface area contributed by atoms with Gasteiger partial charge in [-0.3, -0.25) is 0 Å². The van der Waals surface area contributed by atoms with Crippen LogP contribution in [-0.4, -0.2) is 0 Å². The van der Waals surface area contributed by atoms with E-state index in [0.717, 1.165) is 44.6 Å². The maximum absolute atomic E-state index is 6.35. The van der Waals surface area contributed by atoms with E-state index in [-0.39, 0.29) is 5.41 Å². The highest BCUT2D eigenvalue weighted by molar-refractivity contribution is 6.12. The van der Waals surface area contributed by atoms with Crippen LogP contribution in [0, 0.1) is 0 Å². The SMILES string of the molecule is CC1(C)c2ccccc2-c2ccc(N(c3ccc(-c4ccccc4)cc3)c3ccc(-c4ccc5c(c4)C(c4ccccc4)(c4ccccc4)c4cc(-c6ccc7oc8ccccc8c7c6)c6ccccc6c4-5)cc3)cc21. The Kier molecular flexibility index (Phi) is 9.86. The molecule has 13 aromatic rings. The Bertz CT molecular complexity index is 4360. The lowest BCUT2D eigenvalue weighted by atomic mass is 9.67. The van der Waals surface area contributed by atoms with Gasteiger partial charge in [-0.05, 0) is 167 Å². The average molecular weight is 970 g/mol. The normalized spacial score (nSPS) is 13.6. The Morgan fingerprint density at radius 3 is 1.51 bits per heavy atom. The molecule has 2 heteroatoms. The second-order valence-electron chi connectivity index (χ2n) is 21.1. The van der Waals surface area contributed by atoms with Gasteiger partial charge >= 0.3 is 0 Å². The van der Waals surface area contributed by atoms with Gasteiger partial charge in [-0.2, -0.15) is 0 Å². The molecule has 0 spiro atoms. The zero-order valence-electron chi connectivity index (χ0n) is 42.3. The summed E-state index contributed by atoms with van der Waals surface area (Å²) in [6, 6.07) is 101. The molecule has 0 bridgehead atoms. The van der Waals surface area contributed by atoms with Crippen molar-refractivity contribution < 1.29 is 4.42 Å². The van der Waals surface area contributed by atoms with Crippen molar-refractivity contribution in [1.29, 1.82) is 0 Å². The van der Waals surface area contributed by atoms with Crippen LogP contribution in [0.1, 0.15) is 47.2 Å². The second-order valence-corrected chi connectivity index (χ2v) is 21.1. The molecule has 2 aliphatic rings. The van der Waals surface area contributed by atoms with Crippen molar-refractivity contribution >= 4 is 49.8 Å². The van der Waals surface area contributed by atoms with Crippen LogP contribution >= 0.6 is 0 Å². The number of hydrogen-bond donors (Lipinski definition) is 0. The zero-order valence-corrected chi connectivity index (χ0v) is 42.3. The summed E-state index contributed by atoms with van der Waals surface area (Å²) in [4.78, 5) is 2.42. The van der Waals surface area contributed by atoms with Crippen LogP contribution in [0.5, 0.6) is 0 Å². The van der Waals surface area contributed by atoms with Gasteiger partial charge < -0.3 is 9.32 Å². The highest BCUT2D eigenvalue weighted by Gasteiger charge is 2.47. The van der Waals surface area contributed by atoms with Crippen LogP contribution in [0.15, 0.2) is 277 Å². The Hall–Kier alpha value is -9.50. The number of furan rings is 1. The molecule has 2 aliphatic carbocycles. The van der Waals surface area contributed by atoms with Crippen LogP contribution in [-0.2, 0) is 10.8 Å². The first-order chi connectivity index (χ1) is 37.4. The van der Waals surface area contributed by atoms with Gasteiger partial charge in [0, 0.05) is 33.2 Å². The first-order valence-corrected chi connectivity index (χ1v) is 26.5. The van der Waals surface area contributed by atoms with E-state index in [9.17, 15) is 0 Å². The minimum Gasteiger partial charge on any atom is -0.456 e. The maximum Gasteiger partial charge on any atom is 0.135 e. The lowest BCUT2D eigenvalue weighted by Crippen LogP contribution is -2.28. The van der Waals surface area contributed by atoms with Gasteiger partial charge in [0.15, 0.2) is 0 Å². The van der Waals surface area contributed by atoms with Gasteiger partial charge in [-0.25, -0.2) is 0 Å². The van der Waals surface area contributed by atoms with Crippen LogP contribution < -0.4 is 4.90 Å². The molecule has 76 heavy (non-hydrogen) atoms. The number of rotatable bonds is 8. The highest BCUT2D eigenvalue weighted by atomic mass is 16.3. The number of para-hydroxylation sites is 1. The molecule has 0 aliphatic heterocycles. The van der Waals surface area contributed by atoms with Crippen LogP contribution in [0.4, 0.5) is 17.1 Å². The van der Waals surface area contributed by atoms with E-state index in [1.165, 1.54) is 94.2 Å². The summed E-state index contributed by atoms with van der Waals surface area (Å²) in [5.41, 5.74) is 24.4. The highest BCUT2D eigenvalue weighted by Crippen LogP contribution is 2.60. The minimum absolute atomic E-state index is 0.131. The largest absolute Gasteiger partial charge is 0.456 e. The molecule has 0 radical (unpaired) electrons. The quantitative estimate of drug-likeness (QED) is 0.151. The summed E-state index contributed by atoms with van der Waals surface area (Å²) < 4.78 is 6.35. The van der Waals surface area contributed by atoms with Crippen LogP contribution in [0.2, 0.25) is 0 Å². The van der Waals surface area contributed by atoms with E-state index in [2.05, 4.69) is 286 Å². The average Bonchev–Trinajstić information content (AvgIpc) is 4.09. The molecule has 358 valence electrons. The first kappa shape index (κ1) is 44.0.